The molecule has 1 N–H and O–H groups in total. The zero-order valence-electron chi connectivity index (χ0n) is 10.8. The molecule has 0 bridgehead atoms. The third-order valence-corrected chi connectivity index (χ3v) is 3.41. The summed E-state index contributed by atoms with van der Waals surface area (Å²) in [5.74, 6) is 1.23. The standard InChI is InChI=1S/C14H19F2NO2/c15-14(16)9-17-6-4-11(5-7-17)10-19-13-3-1-2-12(18)8-13/h1-3,8,11,14,18H,4-7,9-10H2. The third-order valence-electron chi connectivity index (χ3n) is 3.41. The number of phenols is 1. The maximum absolute atomic E-state index is 12.2. The molecule has 1 saturated heterocycles. The minimum absolute atomic E-state index is 0.125. The van der Waals surface area contributed by atoms with E-state index in [-0.39, 0.29) is 12.3 Å². The summed E-state index contributed by atoms with van der Waals surface area (Å²) in [6.07, 6.45) is -0.489. The van der Waals surface area contributed by atoms with Crippen LogP contribution in [0.1, 0.15) is 12.8 Å². The van der Waals surface area contributed by atoms with Crippen LogP contribution in [-0.4, -0.2) is 42.7 Å². The minimum atomic E-state index is -2.25. The number of hydrogen-bond acceptors (Lipinski definition) is 3. The Morgan fingerprint density at radius 1 is 1.32 bits per heavy atom. The summed E-state index contributed by atoms with van der Waals surface area (Å²) in [6, 6.07) is 6.70. The van der Waals surface area contributed by atoms with Gasteiger partial charge in [0.1, 0.15) is 11.5 Å². The molecule has 3 nitrogen and oxygen atoms in total. The Hall–Kier alpha value is -1.36. The van der Waals surface area contributed by atoms with E-state index in [9.17, 15) is 13.9 Å². The number of benzene rings is 1. The lowest BCUT2D eigenvalue weighted by molar-refractivity contribution is 0.0620. The summed E-state index contributed by atoms with van der Waals surface area (Å²) in [6.45, 7) is 1.86. The second-order valence-electron chi connectivity index (χ2n) is 4.94. The molecular weight excluding hydrogens is 252 g/mol. The predicted molar refractivity (Wildman–Crippen MR) is 68.8 cm³/mol. The first kappa shape index (κ1) is 14.1. The molecule has 1 aliphatic rings. The van der Waals surface area contributed by atoms with Crippen LogP contribution in [0.15, 0.2) is 24.3 Å². The van der Waals surface area contributed by atoms with E-state index < -0.39 is 6.43 Å². The average molecular weight is 271 g/mol. The second-order valence-corrected chi connectivity index (χ2v) is 4.94. The van der Waals surface area contributed by atoms with Gasteiger partial charge in [-0.1, -0.05) is 6.07 Å². The molecule has 2 rings (SSSR count). The van der Waals surface area contributed by atoms with E-state index >= 15 is 0 Å². The Balaban J connectivity index is 1.71. The lowest BCUT2D eigenvalue weighted by Crippen LogP contribution is -2.38. The Bertz CT molecular complexity index is 393. The number of phenolic OH excluding ortho intramolecular Hbond substituents is 1. The molecule has 0 aliphatic carbocycles. The fraction of sp³-hybridized carbons (Fsp3) is 0.571. The number of rotatable bonds is 5. The number of aromatic hydroxyl groups is 1. The number of hydrogen-bond donors (Lipinski definition) is 1. The summed E-state index contributed by atoms with van der Waals surface area (Å²) < 4.78 is 30.1. The van der Waals surface area contributed by atoms with Gasteiger partial charge in [0.2, 0.25) is 0 Å². The van der Waals surface area contributed by atoms with Crippen LogP contribution in [0.3, 0.4) is 0 Å². The molecule has 1 heterocycles. The zero-order chi connectivity index (χ0) is 13.7. The van der Waals surface area contributed by atoms with Gasteiger partial charge in [-0.25, -0.2) is 8.78 Å². The summed E-state index contributed by atoms with van der Waals surface area (Å²) in [4.78, 5) is 1.80. The fourth-order valence-corrected chi connectivity index (χ4v) is 2.32. The first-order valence-electron chi connectivity index (χ1n) is 6.56. The Morgan fingerprint density at radius 3 is 2.68 bits per heavy atom. The Kier molecular flexibility index (Phi) is 4.96. The van der Waals surface area contributed by atoms with Crippen LogP contribution >= 0.6 is 0 Å². The number of nitrogens with zero attached hydrogens (tertiary/aromatic N) is 1. The van der Waals surface area contributed by atoms with E-state index in [4.69, 9.17) is 4.74 Å². The van der Waals surface area contributed by atoms with E-state index in [0.717, 1.165) is 12.8 Å². The summed E-state index contributed by atoms with van der Waals surface area (Å²) in [5, 5.41) is 9.31. The van der Waals surface area contributed by atoms with Gasteiger partial charge in [-0.05, 0) is 44.0 Å². The molecule has 0 radical (unpaired) electrons. The van der Waals surface area contributed by atoms with Crippen LogP contribution in [0.2, 0.25) is 0 Å². The van der Waals surface area contributed by atoms with Crippen molar-refractivity contribution in [2.45, 2.75) is 19.3 Å². The van der Waals surface area contributed by atoms with Crippen molar-refractivity contribution in [3.05, 3.63) is 24.3 Å². The number of halogens is 2. The van der Waals surface area contributed by atoms with E-state index in [0.29, 0.717) is 31.4 Å². The van der Waals surface area contributed by atoms with Gasteiger partial charge in [-0.3, -0.25) is 4.90 Å². The molecule has 19 heavy (non-hydrogen) atoms. The van der Waals surface area contributed by atoms with Gasteiger partial charge in [0.05, 0.1) is 13.2 Å². The molecule has 1 fully saturated rings. The van der Waals surface area contributed by atoms with Gasteiger partial charge in [0.25, 0.3) is 6.43 Å². The fourth-order valence-electron chi connectivity index (χ4n) is 2.32. The van der Waals surface area contributed by atoms with Crippen molar-refractivity contribution in [1.82, 2.24) is 4.90 Å². The van der Waals surface area contributed by atoms with Gasteiger partial charge in [-0.2, -0.15) is 0 Å². The minimum Gasteiger partial charge on any atom is -0.508 e. The lowest BCUT2D eigenvalue weighted by atomic mass is 9.98. The van der Waals surface area contributed by atoms with Gasteiger partial charge >= 0.3 is 0 Å². The topological polar surface area (TPSA) is 32.7 Å². The van der Waals surface area contributed by atoms with Crippen LogP contribution in [0.25, 0.3) is 0 Å². The second kappa shape index (κ2) is 6.70. The van der Waals surface area contributed by atoms with Crippen molar-refractivity contribution < 1.29 is 18.6 Å². The first-order valence-corrected chi connectivity index (χ1v) is 6.56. The van der Waals surface area contributed by atoms with Gasteiger partial charge in [0.15, 0.2) is 0 Å². The van der Waals surface area contributed by atoms with E-state index in [1.54, 1.807) is 29.2 Å². The van der Waals surface area contributed by atoms with Gasteiger partial charge in [0, 0.05) is 6.07 Å². The first-order chi connectivity index (χ1) is 9.13. The molecular formula is C14H19F2NO2. The maximum Gasteiger partial charge on any atom is 0.251 e. The highest BCUT2D eigenvalue weighted by molar-refractivity contribution is 5.31. The van der Waals surface area contributed by atoms with Crippen molar-refractivity contribution in [2.75, 3.05) is 26.2 Å². The molecule has 106 valence electrons. The number of ether oxygens (including phenoxy) is 1. The highest BCUT2D eigenvalue weighted by atomic mass is 19.3. The Labute approximate surface area is 111 Å². The number of piperidine rings is 1. The number of likely N-dealkylation sites (tertiary alicyclic amines) is 1. The third kappa shape index (κ3) is 4.67. The van der Waals surface area contributed by atoms with Crippen molar-refractivity contribution in [3.8, 4) is 11.5 Å². The molecule has 0 spiro atoms. The monoisotopic (exact) mass is 271 g/mol. The largest absolute Gasteiger partial charge is 0.508 e. The molecule has 5 heteroatoms. The van der Waals surface area contributed by atoms with Crippen molar-refractivity contribution in [1.29, 1.82) is 0 Å². The summed E-state index contributed by atoms with van der Waals surface area (Å²) >= 11 is 0. The molecule has 1 aromatic rings. The van der Waals surface area contributed by atoms with E-state index in [2.05, 4.69) is 0 Å². The highest BCUT2D eigenvalue weighted by Gasteiger charge is 2.21. The average Bonchev–Trinajstić information content (AvgIpc) is 2.37. The molecule has 0 saturated carbocycles. The smallest absolute Gasteiger partial charge is 0.251 e. The number of alkyl halides is 2. The van der Waals surface area contributed by atoms with Crippen LogP contribution in [0, 0.1) is 5.92 Å². The van der Waals surface area contributed by atoms with Gasteiger partial charge in [-0.15, -0.1) is 0 Å². The molecule has 0 aromatic heterocycles. The van der Waals surface area contributed by atoms with E-state index in [1.807, 2.05) is 0 Å². The van der Waals surface area contributed by atoms with Crippen molar-refractivity contribution >= 4 is 0 Å². The molecule has 0 unspecified atom stereocenters. The van der Waals surface area contributed by atoms with Crippen molar-refractivity contribution in [3.63, 3.8) is 0 Å². The van der Waals surface area contributed by atoms with Crippen LogP contribution in [0.4, 0.5) is 8.78 Å². The van der Waals surface area contributed by atoms with Crippen LogP contribution in [-0.2, 0) is 0 Å². The van der Waals surface area contributed by atoms with Crippen LogP contribution < -0.4 is 4.74 Å². The normalized spacial score (nSPS) is 17.8. The zero-order valence-corrected chi connectivity index (χ0v) is 10.8. The lowest BCUT2D eigenvalue weighted by Gasteiger charge is -2.31. The SMILES string of the molecule is Oc1cccc(OCC2CCN(CC(F)F)CC2)c1. The maximum atomic E-state index is 12.2. The Morgan fingerprint density at radius 2 is 2.05 bits per heavy atom. The quantitative estimate of drug-likeness (QED) is 0.893. The highest BCUT2D eigenvalue weighted by Crippen LogP contribution is 2.22. The van der Waals surface area contributed by atoms with Gasteiger partial charge < -0.3 is 9.84 Å². The van der Waals surface area contributed by atoms with E-state index in [1.165, 1.54) is 0 Å². The summed E-state index contributed by atoms with van der Waals surface area (Å²) in [5.41, 5.74) is 0. The van der Waals surface area contributed by atoms with Crippen molar-refractivity contribution in [2.24, 2.45) is 5.92 Å². The molecule has 0 atom stereocenters. The van der Waals surface area contributed by atoms with Crippen LogP contribution in [0.5, 0.6) is 11.5 Å². The molecule has 0 amide bonds. The molecule has 1 aromatic carbocycles. The molecule has 1 aliphatic heterocycles. The summed E-state index contributed by atoms with van der Waals surface area (Å²) in [7, 11) is 0. The predicted octanol–water partition coefficient (Wildman–Crippen LogP) is 2.75.